The third-order valence-corrected chi connectivity index (χ3v) is 5.63. The van der Waals surface area contributed by atoms with E-state index in [4.69, 9.17) is 9.47 Å². The number of esters is 1. The van der Waals surface area contributed by atoms with Gasteiger partial charge >= 0.3 is 5.97 Å². The van der Waals surface area contributed by atoms with Gasteiger partial charge in [0, 0.05) is 27.2 Å². The first-order chi connectivity index (χ1) is 12.2. The van der Waals surface area contributed by atoms with Gasteiger partial charge in [0.2, 0.25) is 10.0 Å². The fourth-order valence-electron chi connectivity index (χ4n) is 2.32. The Bertz CT molecular complexity index is 775. The fraction of sp³-hybridized carbons (Fsp3) is 0.500. The van der Waals surface area contributed by atoms with Crippen LogP contribution in [-0.2, 0) is 24.3 Å². The molecule has 10 heteroatoms. The lowest BCUT2D eigenvalue weighted by Crippen LogP contribution is -2.34. The van der Waals surface area contributed by atoms with E-state index in [0.717, 1.165) is 35.3 Å². The van der Waals surface area contributed by atoms with Crippen LogP contribution < -0.4 is 5.32 Å². The van der Waals surface area contributed by atoms with E-state index in [1.165, 1.54) is 14.1 Å². The van der Waals surface area contributed by atoms with Crippen molar-refractivity contribution < 1.29 is 31.9 Å². The van der Waals surface area contributed by atoms with E-state index in [9.17, 15) is 22.4 Å². The Balaban J connectivity index is 1.97. The monoisotopic (exact) mass is 388 g/mol. The molecule has 1 atom stereocenters. The zero-order chi connectivity index (χ0) is 19.3. The Labute approximate surface area is 151 Å². The number of ether oxygens (including phenoxy) is 2. The fourth-order valence-corrected chi connectivity index (χ4v) is 3.25. The maximum absolute atomic E-state index is 13.9. The van der Waals surface area contributed by atoms with Crippen molar-refractivity contribution in [3.63, 3.8) is 0 Å². The number of hydrogen-bond acceptors (Lipinski definition) is 6. The first kappa shape index (κ1) is 20.3. The normalized spacial score (nSPS) is 17.3. The molecule has 0 aliphatic carbocycles. The van der Waals surface area contributed by atoms with Gasteiger partial charge in [-0.3, -0.25) is 4.79 Å². The van der Waals surface area contributed by atoms with Gasteiger partial charge in [-0.05, 0) is 31.0 Å². The summed E-state index contributed by atoms with van der Waals surface area (Å²) in [6, 6.07) is 2.80. The highest BCUT2D eigenvalue weighted by Gasteiger charge is 2.23. The van der Waals surface area contributed by atoms with E-state index in [2.05, 4.69) is 5.32 Å². The molecule has 1 aromatic rings. The van der Waals surface area contributed by atoms with Gasteiger partial charge in [-0.2, -0.15) is 0 Å². The zero-order valence-corrected chi connectivity index (χ0v) is 15.3. The third-order valence-electron chi connectivity index (χ3n) is 3.82. The van der Waals surface area contributed by atoms with E-state index >= 15 is 0 Å². The van der Waals surface area contributed by atoms with Crippen molar-refractivity contribution in [1.29, 1.82) is 0 Å². The Hall–Kier alpha value is -2.04. The van der Waals surface area contributed by atoms with Crippen LogP contribution in [0.15, 0.2) is 23.1 Å². The van der Waals surface area contributed by atoms with Crippen LogP contribution in [0.4, 0.5) is 4.39 Å². The summed E-state index contributed by atoms with van der Waals surface area (Å²) in [5.74, 6) is -2.61. The van der Waals surface area contributed by atoms with E-state index in [1.807, 2.05) is 0 Å². The van der Waals surface area contributed by atoms with Crippen molar-refractivity contribution in [2.45, 2.75) is 23.8 Å². The summed E-state index contributed by atoms with van der Waals surface area (Å²) in [7, 11) is -1.20. The minimum atomic E-state index is -3.83. The smallest absolute Gasteiger partial charge is 0.341 e. The Morgan fingerprint density at radius 3 is 2.73 bits per heavy atom. The quantitative estimate of drug-likeness (QED) is 0.684. The molecule has 1 aromatic carbocycles. The van der Waals surface area contributed by atoms with E-state index < -0.39 is 39.9 Å². The first-order valence-electron chi connectivity index (χ1n) is 7.99. The molecule has 2 rings (SSSR count). The second-order valence-corrected chi connectivity index (χ2v) is 8.10. The van der Waals surface area contributed by atoms with Gasteiger partial charge in [0.25, 0.3) is 5.91 Å². The molecule has 0 saturated carbocycles. The van der Waals surface area contributed by atoms with Crippen molar-refractivity contribution >= 4 is 21.9 Å². The largest absolute Gasteiger partial charge is 0.452 e. The molecule has 1 fully saturated rings. The van der Waals surface area contributed by atoms with Crippen LogP contribution in [0.3, 0.4) is 0 Å². The van der Waals surface area contributed by atoms with Crippen molar-refractivity contribution in [1.82, 2.24) is 9.62 Å². The van der Waals surface area contributed by atoms with Crippen LogP contribution in [-0.4, -0.2) is 64.6 Å². The lowest BCUT2D eigenvalue weighted by molar-refractivity contribution is -0.124. The number of carbonyl (C=O) groups is 2. The standard InChI is InChI=1S/C16H21FN2O6S/c1-19(2)26(22,23)12-5-6-14(17)13(8-12)16(21)25-10-15(20)18-9-11-4-3-7-24-11/h5-6,8,11H,3-4,7,9-10H2,1-2H3,(H,18,20)/t11-/m1/s1. The lowest BCUT2D eigenvalue weighted by Gasteiger charge is -2.13. The van der Waals surface area contributed by atoms with E-state index in [0.29, 0.717) is 13.2 Å². The zero-order valence-electron chi connectivity index (χ0n) is 14.5. The minimum Gasteiger partial charge on any atom is -0.452 e. The minimum absolute atomic E-state index is 0.0555. The topological polar surface area (TPSA) is 102 Å². The number of sulfonamides is 1. The van der Waals surface area contributed by atoms with Crippen molar-refractivity contribution in [3.05, 3.63) is 29.6 Å². The lowest BCUT2D eigenvalue weighted by atomic mass is 10.2. The molecule has 1 amide bonds. The van der Waals surface area contributed by atoms with Crippen molar-refractivity contribution in [2.75, 3.05) is 33.9 Å². The molecule has 1 aliphatic rings. The number of nitrogens with zero attached hydrogens (tertiary/aromatic N) is 1. The molecule has 8 nitrogen and oxygen atoms in total. The summed E-state index contributed by atoms with van der Waals surface area (Å²) >= 11 is 0. The van der Waals surface area contributed by atoms with Gasteiger partial charge in [-0.15, -0.1) is 0 Å². The van der Waals surface area contributed by atoms with Gasteiger partial charge in [0.05, 0.1) is 16.6 Å². The van der Waals surface area contributed by atoms with Gasteiger partial charge in [0.15, 0.2) is 6.61 Å². The Kier molecular flexibility index (Phi) is 6.68. The molecular formula is C16H21FN2O6S. The third kappa shape index (κ3) is 4.99. The van der Waals surface area contributed by atoms with E-state index in [1.54, 1.807) is 0 Å². The number of halogens is 1. The number of hydrogen-bond donors (Lipinski definition) is 1. The molecule has 0 spiro atoms. The number of rotatable bonds is 7. The molecule has 144 valence electrons. The molecule has 1 aliphatic heterocycles. The molecule has 0 bridgehead atoms. The summed E-state index contributed by atoms with van der Waals surface area (Å²) in [4.78, 5) is 23.4. The van der Waals surface area contributed by atoms with Gasteiger partial charge in [-0.1, -0.05) is 0 Å². The Morgan fingerprint density at radius 1 is 1.38 bits per heavy atom. The molecule has 1 saturated heterocycles. The highest BCUT2D eigenvalue weighted by molar-refractivity contribution is 7.89. The summed E-state index contributed by atoms with van der Waals surface area (Å²) in [5, 5.41) is 2.56. The molecule has 1 heterocycles. The summed E-state index contributed by atoms with van der Waals surface area (Å²) in [5.41, 5.74) is -0.556. The average Bonchev–Trinajstić information content (AvgIpc) is 3.11. The molecule has 0 radical (unpaired) electrons. The molecule has 0 aromatic heterocycles. The average molecular weight is 388 g/mol. The van der Waals surface area contributed by atoms with Gasteiger partial charge < -0.3 is 14.8 Å². The first-order valence-corrected chi connectivity index (χ1v) is 9.43. The number of benzene rings is 1. The van der Waals surface area contributed by atoms with Crippen LogP contribution in [0.2, 0.25) is 0 Å². The number of amides is 1. The molecule has 26 heavy (non-hydrogen) atoms. The predicted octanol–water partition coefficient (Wildman–Crippen LogP) is 0.528. The predicted molar refractivity (Wildman–Crippen MR) is 89.5 cm³/mol. The summed E-state index contributed by atoms with van der Waals surface area (Å²) < 4.78 is 49.1. The van der Waals surface area contributed by atoms with Crippen molar-refractivity contribution in [2.24, 2.45) is 0 Å². The van der Waals surface area contributed by atoms with Gasteiger partial charge in [0.1, 0.15) is 5.82 Å². The molecular weight excluding hydrogens is 367 g/mol. The molecule has 0 unspecified atom stereocenters. The maximum Gasteiger partial charge on any atom is 0.341 e. The summed E-state index contributed by atoms with van der Waals surface area (Å²) in [6.45, 7) is 0.359. The van der Waals surface area contributed by atoms with Crippen LogP contribution >= 0.6 is 0 Å². The van der Waals surface area contributed by atoms with Crippen LogP contribution in [0.1, 0.15) is 23.2 Å². The number of carbonyl (C=O) groups excluding carboxylic acids is 2. The van der Waals surface area contributed by atoms with Crippen LogP contribution in [0.25, 0.3) is 0 Å². The highest BCUT2D eigenvalue weighted by Crippen LogP contribution is 2.18. The molecule has 1 N–H and O–H groups in total. The number of nitrogens with one attached hydrogen (secondary N) is 1. The van der Waals surface area contributed by atoms with Crippen LogP contribution in [0, 0.1) is 5.82 Å². The van der Waals surface area contributed by atoms with E-state index in [-0.39, 0.29) is 11.0 Å². The van der Waals surface area contributed by atoms with Crippen LogP contribution in [0.5, 0.6) is 0 Å². The Morgan fingerprint density at radius 2 is 2.12 bits per heavy atom. The highest BCUT2D eigenvalue weighted by atomic mass is 32.2. The van der Waals surface area contributed by atoms with Crippen molar-refractivity contribution in [3.8, 4) is 0 Å². The second-order valence-electron chi connectivity index (χ2n) is 5.94. The maximum atomic E-state index is 13.9. The summed E-state index contributed by atoms with van der Waals surface area (Å²) in [6.07, 6.45) is 1.72. The second kappa shape index (κ2) is 8.56. The SMILES string of the molecule is CN(C)S(=O)(=O)c1ccc(F)c(C(=O)OCC(=O)NC[C@H]2CCCO2)c1. The van der Waals surface area contributed by atoms with Gasteiger partial charge in [-0.25, -0.2) is 21.9 Å².